The lowest BCUT2D eigenvalue weighted by Crippen LogP contribution is -2.19. The molecule has 0 aliphatic rings. The fourth-order valence-electron chi connectivity index (χ4n) is 1.44. The number of hydrogen-bond acceptors (Lipinski definition) is 5. The standard InChI is InChI=1S/C12H13ClO5/c1-4-18-12(16)11(15)9-6(2)7(13)5-8(17-3)10(9)14/h5,14H,4H2,1-3H3. The maximum Gasteiger partial charge on any atom is 0.379 e. The quantitative estimate of drug-likeness (QED) is 0.516. The van der Waals surface area contributed by atoms with Crippen molar-refractivity contribution >= 4 is 23.4 Å². The van der Waals surface area contributed by atoms with Gasteiger partial charge in [0.2, 0.25) is 0 Å². The van der Waals surface area contributed by atoms with E-state index >= 15 is 0 Å². The minimum Gasteiger partial charge on any atom is -0.504 e. The number of phenolic OH excluding ortho intramolecular Hbond substituents is 1. The van der Waals surface area contributed by atoms with Gasteiger partial charge in [-0.3, -0.25) is 4.79 Å². The SMILES string of the molecule is CCOC(=O)C(=O)c1c(C)c(Cl)cc(OC)c1O. The van der Waals surface area contributed by atoms with E-state index in [1.807, 2.05) is 0 Å². The molecule has 0 amide bonds. The molecule has 0 bridgehead atoms. The molecule has 0 heterocycles. The van der Waals surface area contributed by atoms with E-state index in [2.05, 4.69) is 4.74 Å². The zero-order valence-electron chi connectivity index (χ0n) is 10.2. The van der Waals surface area contributed by atoms with Crippen LogP contribution < -0.4 is 4.74 Å². The predicted molar refractivity (Wildman–Crippen MR) is 65.4 cm³/mol. The second-order valence-corrected chi connectivity index (χ2v) is 3.87. The van der Waals surface area contributed by atoms with Crippen molar-refractivity contribution < 1.29 is 24.2 Å². The maximum absolute atomic E-state index is 11.8. The molecule has 1 aromatic rings. The number of rotatable bonds is 4. The molecule has 0 aromatic heterocycles. The molecule has 1 aromatic carbocycles. The normalized spacial score (nSPS) is 10.0. The van der Waals surface area contributed by atoms with Crippen LogP contribution in [-0.2, 0) is 9.53 Å². The van der Waals surface area contributed by atoms with Gasteiger partial charge in [-0.05, 0) is 19.4 Å². The molecule has 0 saturated carbocycles. The van der Waals surface area contributed by atoms with Gasteiger partial charge in [0.25, 0.3) is 5.78 Å². The van der Waals surface area contributed by atoms with E-state index < -0.39 is 17.5 Å². The van der Waals surface area contributed by atoms with Gasteiger partial charge in [0.05, 0.1) is 19.3 Å². The van der Waals surface area contributed by atoms with Gasteiger partial charge < -0.3 is 14.6 Å². The van der Waals surface area contributed by atoms with Gasteiger partial charge in [-0.15, -0.1) is 0 Å². The summed E-state index contributed by atoms with van der Waals surface area (Å²) in [5.74, 6) is -2.39. The summed E-state index contributed by atoms with van der Waals surface area (Å²) in [4.78, 5) is 23.2. The van der Waals surface area contributed by atoms with Crippen molar-refractivity contribution in [3.05, 3.63) is 22.2 Å². The van der Waals surface area contributed by atoms with E-state index in [9.17, 15) is 14.7 Å². The first-order chi connectivity index (χ1) is 8.43. The second-order valence-electron chi connectivity index (χ2n) is 3.46. The lowest BCUT2D eigenvalue weighted by Gasteiger charge is -2.12. The highest BCUT2D eigenvalue weighted by Gasteiger charge is 2.26. The molecular weight excluding hydrogens is 260 g/mol. The molecule has 0 aliphatic heterocycles. The highest BCUT2D eigenvalue weighted by molar-refractivity contribution is 6.42. The van der Waals surface area contributed by atoms with Crippen LogP contribution in [0.1, 0.15) is 22.8 Å². The molecule has 5 nitrogen and oxygen atoms in total. The number of carbonyl (C=O) groups excluding carboxylic acids is 2. The minimum absolute atomic E-state index is 0.0262. The lowest BCUT2D eigenvalue weighted by atomic mass is 10.0. The van der Waals surface area contributed by atoms with Crippen molar-refractivity contribution in [3.8, 4) is 11.5 Å². The average molecular weight is 273 g/mol. The van der Waals surface area contributed by atoms with Crippen LogP contribution in [0.25, 0.3) is 0 Å². The van der Waals surface area contributed by atoms with Gasteiger partial charge in [0.1, 0.15) is 0 Å². The fraction of sp³-hybridized carbons (Fsp3) is 0.333. The number of phenols is 1. The molecular formula is C12H13ClO5. The number of Topliss-reactive ketones (excluding diaryl/α,β-unsaturated/α-hetero) is 1. The molecule has 98 valence electrons. The summed E-state index contributed by atoms with van der Waals surface area (Å²) in [5.41, 5.74) is 0.103. The van der Waals surface area contributed by atoms with Crippen LogP contribution in [0.3, 0.4) is 0 Å². The van der Waals surface area contributed by atoms with Crippen LogP contribution >= 0.6 is 11.6 Å². The number of benzene rings is 1. The zero-order valence-corrected chi connectivity index (χ0v) is 11.0. The Kier molecular flexibility index (Phi) is 4.55. The largest absolute Gasteiger partial charge is 0.504 e. The van der Waals surface area contributed by atoms with Crippen LogP contribution in [-0.4, -0.2) is 30.6 Å². The molecule has 6 heteroatoms. The zero-order chi connectivity index (χ0) is 13.9. The predicted octanol–water partition coefficient (Wildman–Crippen LogP) is 2.11. The first-order valence-corrected chi connectivity index (χ1v) is 5.59. The molecule has 0 unspecified atom stereocenters. The van der Waals surface area contributed by atoms with E-state index in [1.54, 1.807) is 6.92 Å². The summed E-state index contributed by atoms with van der Waals surface area (Å²) >= 11 is 5.90. The molecule has 0 aliphatic carbocycles. The van der Waals surface area contributed by atoms with Crippen molar-refractivity contribution in [1.29, 1.82) is 0 Å². The van der Waals surface area contributed by atoms with Crippen molar-refractivity contribution in [2.75, 3.05) is 13.7 Å². The highest BCUT2D eigenvalue weighted by Crippen LogP contribution is 2.37. The first-order valence-electron chi connectivity index (χ1n) is 5.21. The summed E-state index contributed by atoms with van der Waals surface area (Å²) in [6.45, 7) is 3.17. The summed E-state index contributed by atoms with van der Waals surface area (Å²) in [6.07, 6.45) is 0. The third-order valence-corrected chi connectivity index (χ3v) is 2.76. The second kappa shape index (κ2) is 5.73. The Labute approximate surface area is 109 Å². The average Bonchev–Trinajstić information content (AvgIpc) is 2.34. The number of ketones is 1. The number of carbonyl (C=O) groups is 2. The maximum atomic E-state index is 11.8. The molecule has 1 N–H and O–H groups in total. The summed E-state index contributed by atoms with van der Waals surface area (Å²) in [7, 11) is 1.32. The Balaban J connectivity index is 3.35. The van der Waals surface area contributed by atoms with Gasteiger partial charge in [-0.25, -0.2) is 4.79 Å². The number of ether oxygens (including phenoxy) is 2. The van der Waals surface area contributed by atoms with Crippen molar-refractivity contribution in [3.63, 3.8) is 0 Å². The Morgan fingerprint density at radius 3 is 2.56 bits per heavy atom. The highest BCUT2D eigenvalue weighted by atomic mass is 35.5. The number of methoxy groups -OCH3 is 1. The van der Waals surface area contributed by atoms with Gasteiger partial charge in [-0.1, -0.05) is 11.6 Å². The van der Waals surface area contributed by atoms with Gasteiger partial charge in [-0.2, -0.15) is 0 Å². The van der Waals surface area contributed by atoms with Gasteiger partial charge >= 0.3 is 5.97 Å². The lowest BCUT2D eigenvalue weighted by molar-refractivity contribution is -0.137. The summed E-state index contributed by atoms with van der Waals surface area (Å²) in [6, 6.07) is 1.37. The van der Waals surface area contributed by atoms with Gasteiger partial charge in [0.15, 0.2) is 11.5 Å². The van der Waals surface area contributed by atoms with E-state index in [4.69, 9.17) is 16.3 Å². The Morgan fingerprint density at radius 1 is 1.44 bits per heavy atom. The van der Waals surface area contributed by atoms with Crippen molar-refractivity contribution in [2.45, 2.75) is 13.8 Å². The van der Waals surface area contributed by atoms with E-state index in [0.717, 1.165) is 0 Å². The molecule has 0 fully saturated rings. The van der Waals surface area contributed by atoms with Crippen LogP contribution in [0.15, 0.2) is 6.07 Å². The van der Waals surface area contributed by atoms with Crippen LogP contribution in [0.2, 0.25) is 5.02 Å². The van der Waals surface area contributed by atoms with E-state index in [-0.39, 0.29) is 22.9 Å². The molecule has 0 atom stereocenters. The summed E-state index contributed by atoms with van der Waals surface area (Å²) < 4.78 is 9.47. The molecule has 0 radical (unpaired) electrons. The monoisotopic (exact) mass is 272 g/mol. The summed E-state index contributed by atoms with van der Waals surface area (Å²) in [5, 5.41) is 10.1. The topological polar surface area (TPSA) is 72.8 Å². The fourth-order valence-corrected chi connectivity index (χ4v) is 1.64. The number of esters is 1. The van der Waals surface area contributed by atoms with Crippen molar-refractivity contribution in [1.82, 2.24) is 0 Å². The number of halogens is 1. The number of hydrogen-bond donors (Lipinski definition) is 1. The van der Waals surface area contributed by atoms with Crippen LogP contribution in [0.5, 0.6) is 11.5 Å². The smallest absolute Gasteiger partial charge is 0.379 e. The molecule has 1 rings (SSSR count). The number of aromatic hydroxyl groups is 1. The van der Waals surface area contributed by atoms with E-state index in [0.29, 0.717) is 5.56 Å². The molecule has 0 saturated heterocycles. The van der Waals surface area contributed by atoms with Crippen LogP contribution in [0.4, 0.5) is 0 Å². The van der Waals surface area contributed by atoms with E-state index in [1.165, 1.54) is 20.1 Å². The van der Waals surface area contributed by atoms with Gasteiger partial charge in [0, 0.05) is 11.1 Å². The Morgan fingerprint density at radius 2 is 2.06 bits per heavy atom. The third-order valence-electron chi connectivity index (χ3n) is 2.37. The Bertz CT molecular complexity index is 496. The van der Waals surface area contributed by atoms with Crippen LogP contribution in [0, 0.1) is 6.92 Å². The molecule has 18 heavy (non-hydrogen) atoms. The third kappa shape index (κ3) is 2.56. The Hall–Kier alpha value is -1.75. The van der Waals surface area contributed by atoms with Crippen molar-refractivity contribution in [2.24, 2.45) is 0 Å². The molecule has 0 spiro atoms. The minimum atomic E-state index is -1.04. The first kappa shape index (κ1) is 14.3.